The van der Waals surface area contributed by atoms with Crippen LogP contribution in [0.15, 0.2) is 33.2 Å². The fourth-order valence-electron chi connectivity index (χ4n) is 1.90. The summed E-state index contributed by atoms with van der Waals surface area (Å²) in [6.07, 6.45) is 1.02. The van der Waals surface area contributed by atoms with Gasteiger partial charge in [-0.3, -0.25) is 0 Å². The fourth-order valence-corrected chi connectivity index (χ4v) is 2.22. The lowest BCUT2D eigenvalue weighted by Gasteiger charge is -2.10. The van der Waals surface area contributed by atoms with E-state index in [2.05, 4.69) is 28.2 Å². The minimum atomic E-state index is -0.520. The molecule has 0 saturated heterocycles. The van der Waals surface area contributed by atoms with Gasteiger partial charge in [0.15, 0.2) is 0 Å². The first-order valence-corrected chi connectivity index (χ1v) is 7.30. The fraction of sp³-hybridized carbons (Fsp3) is 0.333. The Bertz CT molecular complexity index is 598. The summed E-state index contributed by atoms with van der Waals surface area (Å²) in [6, 6.07) is 5.71. The van der Waals surface area contributed by atoms with E-state index in [9.17, 15) is 8.78 Å². The molecule has 0 fully saturated rings. The highest BCUT2D eigenvalue weighted by molar-refractivity contribution is 9.10. The molecule has 1 atom stereocenters. The summed E-state index contributed by atoms with van der Waals surface area (Å²) in [5, 5.41) is 3.28. The van der Waals surface area contributed by atoms with Gasteiger partial charge in [0.25, 0.3) is 0 Å². The van der Waals surface area contributed by atoms with E-state index in [1.54, 1.807) is 12.1 Å². The number of halogens is 3. The predicted octanol–water partition coefficient (Wildman–Crippen LogP) is 5.05. The Morgan fingerprint density at radius 3 is 2.70 bits per heavy atom. The molecule has 0 bridgehead atoms. The van der Waals surface area contributed by atoms with Crippen molar-refractivity contribution in [2.45, 2.75) is 26.3 Å². The number of rotatable bonds is 5. The van der Waals surface area contributed by atoms with Crippen LogP contribution in [-0.2, 0) is 0 Å². The summed E-state index contributed by atoms with van der Waals surface area (Å²) in [7, 11) is 0. The number of furan rings is 1. The first-order valence-electron chi connectivity index (χ1n) is 6.51. The molecule has 0 aliphatic rings. The van der Waals surface area contributed by atoms with Gasteiger partial charge >= 0.3 is 0 Å². The molecule has 5 heteroatoms. The van der Waals surface area contributed by atoms with Crippen molar-refractivity contribution >= 4 is 15.9 Å². The number of benzene rings is 1. The molecule has 0 aliphatic carbocycles. The van der Waals surface area contributed by atoms with Crippen molar-refractivity contribution in [2.24, 2.45) is 0 Å². The molecule has 1 aromatic carbocycles. The van der Waals surface area contributed by atoms with Gasteiger partial charge in [0.1, 0.15) is 23.2 Å². The molecule has 1 aromatic heterocycles. The minimum absolute atomic E-state index is 0.0343. The predicted molar refractivity (Wildman–Crippen MR) is 78.5 cm³/mol. The van der Waals surface area contributed by atoms with Crippen molar-refractivity contribution in [1.29, 1.82) is 0 Å². The monoisotopic (exact) mass is 343 g/mol. The van der Waals surface area contributed by atoms with Crippen LogP contribution in [0.3, 0.4) is 0 Å². The third kappa shape index (κ3) is 3.27. The summed E-state index contributed by atoms with van der Waals surface area (Å²) in [6.45, 7) is 4.92. The van der Waals surface area contributed by atoms with E-state index in [1.807, 2.05) is 6.92 Å². The quantitative estimate of drug-likeness (QED) is 0.768. The van der Waals surface area contributed by atoms with Crippen molar-refractivity contribution in [1.82, 2.24) is 5.32 Å². The van der Waals surface area contributed by atoms with E-state index in [-0.39, 0.29) is 16.1 Å². The van der Waals surface area contributed by atoms with Crippen LogP contribution in [0.25, 0.3) is 11.3 Å². The molecule has 0 spiro atoms. The molecule has 0 radical (unpaired) electrons. The van der Waals surface area contributed by atoms with Crippen LogP contribution >= 0.6 is 15.9 Å². The van der Waals surface area contributed by atoms with E-state index in [1.165, 1.54) is 0 Å². The molecule has 1 N–H and O–H groups in total. The highest BCUT2D eigenvalue weighted by Gasteiger charge is 2.15. The second-order valence-electron chi connectivity index (χ2n) is 4.62. The minimum Gasteiger partial charge on any atom is -0.459 e. The summed E-state index contributed by atoms with van der Waals surface area (Å²) in [5.74, 6) is -0.00456. The highest BCUT2D eigenvalue weighted by Crippen LogP contribution is 2.30. The molecule has 0 amide bonds. The Hall–Kier alpha value is -1.20. The van der Waals surface area contributed by atoms with Gasteiger partial charge in [-0.1, -0.05) is 6.92 Å². The largest absolute Gasteiger partial charge is 0.459 e. The van der Waals surface area contributed by atoms with E-state index in [4.69, 9.17) is 4.42 Å². The molecule has 2 nitrogen and oxygen atoms in total. The average molecular weight is 344 g/mol. The van der Waals surface area contributed by atoms with Crippen molar-refractivity contribution in [3.63, 3.8) is 0 Å². The molecular formula is C15H16BrF2NO. The number of nitrogens with one attached hydrogen (secondary N) is 1. The van der Waals surface area contributed by atoms with Gasteiger partial charge in [-0.05, 0) is 60.1 Å². The lowest BCUT2D eigenvalue weighted by molar-refractivity contribution is 0.437. The Balaban J connectivity index is 2.27. The van der Waals surface area contributed by atoms with Crippen LogP contribution < -0.4 is 5.32 Å². The number of hydrogen-bond acceptors (Lipinski definition) is 2. The summed E-state index contributed by atoms with van der Waals surface area (Å²) < 4.78 is 33.1. The van der Waals surface area contributed by atoms with Crippen molar-refractivity contribution in [3.05, 3.63) is 46.1 Å². The van der Waals surface area contributed by atoms with Crippen LogP contribution in [0.2, 0.25) is 0 Å². The maximum atomic E-state index is 13.9. The van der Waals surface area contributed by atoms with Gasteiger partial charge in [0.2, 0.25) is 0 Å². The Labute approximate surface area is 125 Å². The van der Waals surface area contributed by atoms with Crippen molar-refractivity contribution in [2.75, 3.05) is 6.54 Å². The molecule has 20 heavy (non-hydrogen) atoms. The first kappa shape index (κ1) is 15.2. The standard InChI is InChI=1S/C15H16BrF2NO/c1-3-6-19-9(2)14-4-5-15(20-14)10-7-13(18)11(16)8-12(10)17/h4-5,7-9,19H,3,6H2,1-2H3. The van der Waals surface area contributed by atoms with E-state index >= 15 is 0 Å². The Morgan fingerprint density at radius 2 is 2.00 bits per heavy atom. The van der Waals surface area contributed by atoms with Gasteiger partial charge in [-0.15, -0.1) is 0 Å². The van der Waals surface area contributed by atoms with Crippen LogP contribution in [0.4, 0.5) is 8.78 Å². The van der Waals surface area contributed by atoms with Gasteiger partial charge in [-0.2, -0.15) is 0 Å². The first-order chi connectivity index (χ1) is 9.52. The third-order valence-corrected chi connectivity index (χ3v) is 3.64. The molecule has 0 saturated carbocycles. The Morgan fingerprint density at radius 1 is 1.25 bits per heavy atom. The second-order valence-corrected chi connectivity index (χ2v) is 5.48. The molecule has 1 unspecified atom stereocenters. The molecule has 2 aromatic rings. The van der Waals surface area contributed by atoms with Crippen LogP contribution in [-0.4, -0.2) is 6.54 Å². The summed E-state index contributed by atoms with van der Waals surface area (Å²) >= 11 is 2.95. The maximum absolute atomic E-state index is 13.9. The molecule has 108 valence electrons. The van der Waals surface area contributed by atoms with Crippen molar-refractivity contribution in [3.8, 4) is 11.3 Å². The second kappa shape index (κ2) is 6.50. The van der Waals surface area contributed by atoms with Crippen LogP contribution in [0.1, 0.15) is 32.1 Å². The maximum Gasteiger partial charge on any atom is 0.138 e. The molecule has 1 heterocycles. The van der Waals surface area contributed by atoms with Gasteiger partial charge in [-0.25, -0.2) is 8.78 Å². The average Bonchev–Trinajstić information content (AvgIpc) is 2.89. The zero-order valence-corrected chi connectivity index (χ0v) is 12.9. The summed E-state index contributed by atoms with van der Waals surface area (Å²) in [5.41, 5.74) is 0.125. The van der Waals surface area contributed by atoms with Gasteiger partial charge < -0.3 is 9.73 Å². The SMILES string of the molecule is CCCNC(C)c1ccc(-c2cc(F)c(Br)cc2F)o1. The highest BCUT2D eigenvalue weighted by atomic mass is 79.9. The van der Waals surface area contributed by atoms with E-state index in [0.29, 0.717) is 11.5 Å². The van der Waals surface area contributed by atoms with E-state index < -0.39 is 11.6 Å². The van der Waals surface area contributed by atoms with Crippen LogP contribution in [0, 0.1) is 11.6 Å². The zero-order valence-electron chi connectivity index (χ0n) is 11.3. The van der Waals surface area contributed by atoms with Crippen LogP contribution in [0.5, 0.6) is 0 Å². The van der Waals surface area contributed by atoms with Gasteiger partial charge in [0.05, 0.1) is 16.1 Å². The number of hydrogen-bond donors (Lipinski definition) is 1. The molecular weight excluding hydrogens is 328 g/mol. The topological polar surface area (TPSA) is 25.2 Å². The Kier molecular flexibility index (Phi) is 4.94. The summed E-state index contributed by atoms with van der Waals surface area (Å²) in [4.78, 5) is 0. The normalized spacial score (nSPS) is 12.7. The molecule has 0 aliphatic heterocycles. The van der Waals surface area contributed by atoms with E-state index in [0.717, 1.165) is 25.1 Å². The zero-order chi connectivity index (χ0) is 14.7. The lowest BCUT2D eigenvalue weighted by atomic mass is 10.1. The van der Waals surface area contributed by atoms with Gasteiger partial charge in [0, 0.05) is 0 Å². The smallest absolute Gasteiger partial charge is 0.138 e. The van der Waals surface area contributed by atoms with Crippen molar-refractivity contribution < 1.29 is 13.2 Å². The third-order valence-electron chi connectivity index (χ3n) is 3.03. The molecule has 2 rings (SSSR count). The lowest BCUT2D eigenvalue weighted by Crippen LogP contribution is -2.18.